The Morgan fingerprint density at radius 3 is 2.70 bits per heavy atom. The van der Waals surface area contributed by atoms with Crippen molar-refractivity contribution in [2.75, 3.05) is 19.7 Å². The lowest BCUT2D eigenvalue weighted by Crippen LogP contribution is -2.57. The van der Waals surface area contributed by atoms with Gasteiger partial charge in [-0.15, -0.1) is 0 Å². The first-order chi connectivity index (χ1) is 13.1. The summed E-state index contributed by atoms with van der Waals surface area (Å²) in [4.78, 5) is 38.4. The van der Waals surface area contributed by atoms with Crippen LogP contribution in [0.4, 0.5) is 0 Å². The summed E-state index contributed by atoms with van der Waals surface area (Å²) < 4.78 is 5.21. The molecule has 1 N–H and O–H groups in total. The van der Waals surface area contributed by atoms with Gasteiger partial charge in [-0.3, -0.25) is 14.4 Å². The summed E-state index contributed by atoms with van der Waals surface area (Å²) in [5.41, 5.74) is 1.19. The van der Waals surface area contributed by atoms with Gasteiger partial charge in [0.25, 0.3) is 0 Å². The number of esters is 1. The van der Waals surface area contributed by atoms with Crippen LogP contribution in [0.5, 0.6) is 0 Å². The van der Waals surface area contributed by atoms with Crippen molar-refractivity contribution in [1.82, 2.24) is 10.2 Å². The maximum atomic E-state index is 12.6. The molecule has 2 amide bonds. The van der Waals surface area contributed by atoms with Crippen molar-refractivity contribution in [1.29, 1.82) is 0 Å². The van der Waals surface area contributed by atoms with Crippen LogP contribution in [0.15, 0.2) is 30.3 Å². The van der Waals surface area contributed by atoms with Crippen molar-refractivity contribution < 1.29 is 19.1 Å². The Balaban J connectivity index is 1.83. The van der Waals surface area contributed by atoms with Crippen molar-refractivity contribution in [3.63, 3.8) is 0 Å². The summed E-state index contributed by atoms with van der Waals surface area (Å²) in [7, 11) is 0. The fraction of sp³-hybridized carbons (Fsp3) is 0.571. The molecular formula is C21H30N2O4. The molecule has 2 rings (SSSR count). The van der Waals surface area contributed by atoms with Crippen LogP contribution in [-0.2, 0) is 25.5 Å². The van der Waals surface area contributed by atoms with Gasteiger partial charge in [0.2, 0.25) is 11.8 Å². The van der Waals surface area contributed by atoms with Gasteiger partial charge in [-0.25, -0.2) is 0 Å². The second-order valence-electron chi connectivity index (χ2n) is 6.86. The lowest BCUT2D eigenvalue weighted by molar-refractivity contribution is -0.152. The fourth-order valence-electron chi connectivity index (χ4n) is 3.20. The highest BCUT2D eigenvalue weighted by atomic mass is 16.5. The van der Waals surface area contributed by atoms with E-state index in [4.69, 9.17) is 4.74 Å². The maximum absolute atomic E-state index is 12.6. The molecular weight excluding hydrogens is 344 g/mol. The number of nitrogens with zero attached hydrogens (tertiary/aromatic N) is 1. The van der Waals surface area contributed by atoms with Crippen LogP contribution in [0.2, 0.25) is 0 Å². The van der Waals surface area contributed by atoms with Gasteiger partial charge < -0.3 is 15.0 Å². The molecule has 0 aromatic heterocycles. The smallest absolute Gasteiger partial charge is 0.308 e. The lowest BCUT2D eigenvalue weighted by atomic mass is 10.1. The van der Waals surface area contributed by atoms with E-state index in [1.165, 1.54) is 10.5 Å². The molecule has 0 radical (unpaired) electrons. The van der Waals surface area contributed by atoms with Gasteiger partial charge >= 0.3 is 5.97 Å². The number of ether oxygens (including phenoxy) is 1. The summed E-state index contributed by atoms with van der Waals surface area (Å²) >= 11 is 0. The molecule has 0 bridgehead atoms. The topological polar surface area (TPSA) is 75.7 Å². The first-order valence-corrected chi connectivity index (χ1v) is 9.88. The van der Waals surface area contributed by atoms with Gasteiger partial charge in [-0.1, -0.05) is 50.1 Å². The van der Waals surface area contributed by atoms with E-state index in [0.29, 0.717) is 26.1 Å². The van der Waals surface area contributed by atoms with Crippen LogP contribution in [0.1, 0.15) is 51.0 Å². The Hall–Kier alpha value is -2.37. The number of rotatable bonds is 10. The lowest BCUT2D eigenvalue weighted by Gasteiger charge is -2.34. The summed E-state index contributed by atoms with van der Waals surface area (Å²) in [6.45, 7) is 3.30. The molecule has 1 fully saturated rings. The second kappa shape index (κ2) is 11.4. The minimum Gasteiger partial charge on any atom is -0.466 e. The van der Waals surface area contributed by atoms with E-state index in [2.05, 4.69) is 12.2 Å². The van der Waals surface area contributed by atoms with E-state index in [-0.39, 0.29) is 18.2 Å². The molecule has 1 unspecified atom stereocenters. The molecule has 6 nitrogen and oxygen atoms in total. The monoisotopic (exact) mass is 374 g/mol. The van der Waals surface area contributed by atoms with Gasteiger partial charge in [0.1, 0.15) is 6.04 Å². The highest BCUT2D eigenvalue weighted by Crippen LogP contribution is 2.14. The second-order valence-corrected chi connectivity index (χ2v) is 6.86. The molecule has 148 valence electrons. The zero-order valence-electron chi connectivity index (χ0n) is 16.1. The van der Waals surface area contributed by atoms with E-state index in [1.54, 1.807) is 0 Å². The number of amides is 2. The van der Waals surface area contributed by atoms with E-state index in [1.807, 2.05) is 30.3 Å². The predicted molar refractivity (Wildman–Crippen MR) is 103 cm³/mol. The van der Waals surface area contributed by atoms with E-state index in [9.17, 15) is 14.4 Å². The van der Waals surface area contributed by atoms with Crippen LogP contribution < -0.4 is 5.32 Å². The minimum atomic E-state index is -0.762. The molecule has 0 aliphatic carbocycles. The van der Waals surface area contributed by atoms with Gasteiger partial charge in [-0.2, -0.15) is 0 Å². The third-order valence-electron chi connectivity index (χ3n) is 4.72. The highest BCUT2D eigenvalue weighted by Gasteiger charge is 2.34. The molecule has 1 heterocycles. The summed E-state index contributed by atoms with van der Waals surface area (Å²) in [5.74, 6) is -0.775. The van der Waals surface area contributed by atoms with Gasteiger partial charge in [-0.05, 0) is 24.8 Å². The number of carbonyl (C=O) groups excluding carboxylic acids is 3. The van der Waals surface area contributed by atoms with Gasteiger partial charge in [0.15, 0.2) is 0 Å². The summed E-state index contributed by atoms with van der Waals surface area (Å²) in [5, 5.41) is 2.74. The maximum Gasteiger partial charge on any atom is 0.308 e. The normalized spacial score (nSPS) is 16.7. The van der Waals surface area contributed by atoms with Crippen LogP contribution >= 0.6 is 0 Å². The van der Waals surface area contributed by atoms with E-state index >= 15 is 0 Å². The average Bonchev–Trinajstić information content (AvgIpc) is 2.67. The van der Waals surface area contributed by atoms with Crippen molar-refractivity contribution in [3.05, 3.63) is 35.9 Å². The molecule has 1 aromatic rings. The fourth-order valence-corrected chi connectivity index (χ4v) is 3.20. The Kier molecular flexibility index (Phi) is 8.81. The number of aryl methyl sites for hydroxylation is 1. The average molecular weight is 374 g/mol. The predicted octanol–water partition coefficient (Wildman–Crippen LogP) is 2.46. The molecule has 1 aliphatic rings. The standard InChI is InChI=1S/C21H30N2O4/c1-2-3-7-15-27-20(25)16-18-21(26)22-13-14-23(18)19(24)12-8-11-17-9-5-4-6-10-17/h4-6,9-10,18H,2-3,7-8,11-16H2,1H3,(H,22,26). The van der Waals surface area contributed by atoms with E-state index in [0.717, 1.165) is 32.1 Å². The van der Waals surface area contributed by atoms with Gasteiger partial charge in [0.05, 0.1) is 13.0 Å². The van der Waals surface area contributed by atoms with E-state index < -0.39 is 12.0 Å². The zero-order chi connectivity index (χ0) is 19.5. The Labute approximate surface area is 161 Å². The minimum absolute atomic E-state index is 0.0791. The third-order valence-corrected chi connectivity index (χ3v) is 4.72. The Morgan fingerprint density at radius 2 is 1.96 bits per heavy atom. The molecule has 1 aliphatic heterocycles. The van der Waals surface area contributed by atoms with Crippen LogP contribution in [0, 0.1) is 0 Å². The zero-order valence-corrected chi connectivity index (χ0v) is 16.1. The van der Waals surface area contributed by atoms with Gasteiger partial charge in [0, 0.05) is 19.5 Å². The molecule has 0 spiro atoms. The number of hydrogen-bond donors (Lipinski definition) is 1. The van der Waals surface area contributed by atoms with Crippen LogP contribution in [0.3, 0.4) is 0 Å². The quantitative estimate of drug-likeness (QED) is 0.504. The van der Waals surface area contributed by atoms with Crippen molar-refractivity contribution in [2.24, 2.45) is 0 Å². The molecule has 1 aromatic carbocycles. The summed E-state index contributed by atoms with van der Waals surface area (Å²) in [6.07, 6.45) is 4.69. The van der Waals surface area contributed by atoms with Crippen LogP contribution in [-0.4, -0.2) is 48.4 Å². The highest BCUT2D eigenvalue weighted by molar-refractivity contribution is 5.91. The largest absolute Gasteiger partial charge is 0.466 e. The van der Waals surface area contributed by atoms with Crippen molar-refractivity contribution in [3.8, 4) is 0 Å². The molecule has 1 atom stereocenters. The first kappa shape index (κ1) is 20.9. The Morgan fingerprint density at radius 1 is 1.19 bits per heavy atom. The van der Waals surface area contributed by atoms with Crippen molar-refractivity contribution in [2.45, 2.75) is 57.9 Å². The first-order valence-electron chi connectivity index (χ1n) is 9.88. The molecule has 27 heavy (non-hydrogen) atoms. The SMILES string of the molecule is CCCCCOC(=O)CC1C(=O)NCCN1C(=O)CCCc1ccccc1. The molecule has 0 saturated carbocycles. The number of hydrogen-bond acceptors (Lipinski definition) is 4. The third kappa shape index (κ3) is 7.04. The molecule has 6 heteroatoms. The number of nitrogens with one attached hydrogen (secondary N) is 1. The summed E-state index contributed by atoms with van der Waals surface area (Å²) in [6, 6.07) is 9.24. The van der Waals surface area contributed by atoms with Crippen molar-refractivity contribution >= 4 is 17.8 Å². The number of piperazine rings is 1. The number of unbranched alkanes of at least 4 members (excludes halogenated alkanes) is 2. The number of carbonyl (C=O) groups is 3. The Bertz CT molecular complexity index is 618. The van der Waals surface area contributed by atoms with Crippen LogP contribution in [0.25, 0.3) is 0 Å². The number of benzene rings is 1. The molecule has 1 saturated heterocycles.